The largest absolute Gasteiger partial charge is 0.497 e. The predicted octanol–water partition coefficient (Wildman–Crippen LogP) is 4.38. The first-order valence-corrected chi connectivity index (χ1v) is 8.12. The molecule has 5 nitrogen and oxygen atoms in total. The van der Waals surface area contributed by atoms with Gasteiger partial charge in [0, 0.05) is 22.4 Å². The van der Waals surface area contributed by atoms with E-state index in [1.165, 1.54) is 7.11 Å². The summed E-state index contributed by atoms with van der Waals surface area (Å²) in [6.07, 6.45) is 0.201. The van der Waals surface area contributed by atoms with Gasteiger partial charge in [-0.25, -0.2) is 0 Å². The summed E-state index contributed by atoms with van der Waals surface area (Å²) in [7, 11) is 1.53. The summed E-state index contributed by atoms with van der Waals surface area (Å²) >= 11 is 6.02. The summed E-state index contributed by atoms with van der Waals surface area (Å²) in [5, 5.41) is 1.14. The number of aromatic nitrogens is 1. The number of carbonyl (C=O) groups is 2. The van der Waals surface area contributed by atoms with E-state index in [-0.39, 0.29) is 23.6 Å². The summed E-state index contributed by atoms with van der Waals surface area (Å²) in [6.45, 7) is 1.69. The molecule has 0 aliphatic rings. The van der Waals surface area contributed by atoms with Gasteiger partial charge in [-0.2, -0.15) is 0 Å². The third-order valence-electron chi connectivity index (χ3n) is 3.78. The highest BCUT2D eigenvalue weighted by Gasteiger charge is 2.22. The molecular weight excluding hydrogens is 342 g/mol. The quantitative estimate of drug-likeness (QED) is 0.543. The lowest BCUT2D eigenvalue weighted by Gasteiger charge is -2.06. The average Bonchev–Trinajstić information content (AvgIpc) is 2.98. The number of fused-ring (bicyclic) bond motifs is 1. The molecule has 2 aromatic carbocycles. The Bertz CT molecular complexity index is 961. The van der Waals surface area contributed by atoms with Gasteiger partial charge < -0.3 is 14.5 Å². The van der Waals surface area contributed by atoms with Crippen LogP contribution in [0.2, 0.25) is 5.02 Å². The van der Waals surface area contributed by atoms with E-state index in [0.717, 1.165) is 0 Å². The fourth-order valence-corrected chi connectivity index (χ4v) is 2.68. The molecule has 0 saturated carbocycles. The van der Waals surface area contributed by atoms with Crippen molar-refractivity contribution in [1.82, 2.24) is 4.98 Å². The van der Waals surface area contributed by atoms with Crippen LogP contribution < -0.4 is 9.47 Å². The standard InChI is InChI=1S/C19H16ClNO4/c1-3-16(22)25-19-14-8-7-12(20)10-15(14)21-17(19)18(23)11-5-4-6-13(9-11)24-2/h4-10,21H,3H2,1-2H3. The number of carbonyl (C=O) groups excluding carboxylic acids is 2. The van der Waals surface area contributed by atoms with Crippen molar-refractivity contribution in [3.05, 3.63) is 58.7 Å². The minimum Gasteiger partial charge on any atom is -0.497 e. The zero-order chi connectivity index (χ0) is 18.0. The lowest BCUT2D eigenvalue weighted by atomic mass is 10.1. The molecule has 3 rings (SSSR count). The van der Waals surface area contributed by atoms with Crippen LogP contribution in [0.15, 0.2) is 42.5 Å². The minimum atomic E-state index is -0.421. The summed E-state index contributed by atoms with van der Waals surface area (Å²) in [5.41, 5.74) is 1.25. The molecule has 1 aromatic heterocycles. The molecule has 0 fully saturated rings. The van der Waals surface area contributed by atoms with E-state index >= 15 is 0 Å². The highest BCUT2D eigenvalue weighted by molar-refractivity contribution is 6.31. The molecule has 0 saturated heterocycles. The Labute approximate surface area is 149 Å². The molecule has 128 valence electrons. The average molecular weight is 358 g/mol. The number of halogens is 1. The molecule has 0 unspecified atom stereocenters. The van der Waals surface area contributed by atoms with Crippen LogP contribution in [-0.4, -0.2) is 23.8 Å². The summed E-state index contributed by atoms with van der Waals surface area (Å²) in [5.74, 6) is 0.0594. The number of methoxy groups -OCH3 is 1. The summed E-state index contributed by atoms with van der Waals surface area (Å²) in [6, 6.07) is 11.9. The summed E-state index contributed by atoms with van der Waals surface area (Å²) < 4.78 is 10.6. The molecule has 0 amide bonds. The van der Waals surface area contributed by atoms with E-state index < -0.39 is 5.97 Å². The number of ketones is 1. The van der Waals surface area contributed by atoms with E-state index in [9.17, 15) is 9.59 Å². The smallest absolute Gasteiger partial charge is 0.310 e. The number of hydrogen-bond donors (Lipinski definition) is 1. The molecule has 0 aliphatic carbocycles. The number of aromatic amines is 1. The topological polar surface area (TPSA) is 68.4 Å². The third-order valence-corrected chi connectivity index (χ3v) is 4.01. The number of rotatable bonds is 5. The van der Waals surface area contributed by atoms with Gasteiger partial charge in [0.25, 0.3) is 0 Å². The van der Waals surface area contributed by atoms with Gasteiger partial charge in [-0.3, -0.25) is 9.59 Å². The Kier molecular flexibility index (Phi) is 4.76. The van der Waals surface area contributed by atoms with Crippen molar-refractivity contribution < 1.29 is 19.1 Å². The zero-order valence-corrected chi connectivity index (χ0v) is 14.5. The Morgan fingerprint density at radius 2 is 1.96 bits per heavy atom. The first-order valence-electron chi connectivity index (χ1n) is 7.74. The molecule has 0 radical (unpaired) electrons. The number of nitrogens with one attached hydrogen (secondary N) is 1. The molecular formula is C19H16ClNO4. The van der Waals surface area contributed by atoms with Gasteiger partial charge in [-0.1, -0.05) is 30.7 Å². The second kappa shape index (κ2) is 6.99. The second-order valence-corrected chi connectivity index (χ2v) is 5.84. The Balaban J connectivity index is 2.14. The van der Waals surface area contributed by atoms with Crippen LogP contribution in [0.25, 0.3) is 10.9 Å². The van der Waals surface area contributed by atoms with Crippen molar-refractivity contribution >= 4 is 34.3 Å². The monoisotopic (exact) mass is 357 g/mol. The van der Waals surface area contributed by atoms with Crippen LogP contribution in [0.5, 0.6) is 11.5 Å². The maximum absolute atomic E-state index is 12.9. The molecule has 0 bridgehead atoms. The predicted molar refractivity (Wildman–Crippen MR) is 95.7 cm³/mol. The van der Waals surface area contributed by atoms with Crippen LogP contribution in [0.1, 0.15) is 29.4 Å². The first-order chi connectivity index (χ1) is 12.0. The van der Waals surface area contributed by atoms with Crippen molar-refractivity contribution in [2.24, 2.45) is 0 Å². The number of H-pyrrole nitrogens is 1. The summed E-state index contributed by atoms with van der Waals surface area (Å²) in [4.78, 5) is 27.8. The van der Waals surface area contributed by atoms with Gasteiger partial charge in [0.2, 0.25) is 5.78 Å². The second-order valence-electron chi connectivity index (χ2n) is 5.41. The molecule has 0 spiro atoms. The van der Waals surface area contributed by atoms with Crippen molar-refractivity contribution in [2.75, 3.05) is 7.11 Å². The van der Waals surface area contributed by atoms with Crippen LogP contribution in [0, 0.1) is 0 Å². The molecule has 1 N–H and O–H groups in total. The van der Waals surface area contributed by atoms with Gasteiger partial charge in [-0.15, -0.1) is 0 Å². The number of hydrogen-bond acceptors (Lipinski definition) is 4. The lowest BCUT2D eigenvalue weighted by molar-refractivity contribution is -0.133. The molecule has 3 aromatic rings. The van der Waals surface area contributed by atoms with Gasteiger partial charge in [-0.05, 0) is 30.3 Å². The highest BCUT2D eigenvalue weighted by atomic mass is 35.5. The maximum Gasteiger partial charge on any atom is 0.310 e. The van der Waals surface area contributed by atoms with Gasteiger partial charge in [0.1, 0.15) is 11.4 Å². The zero-order valence-electron chi connectivity index (χ0n) is 13.8. The Hall–Kier alpha value is -2.79. The van der Waals surface area contributed by atoms with E-state index in [1.54, 1.807) is 49.4 Å². The van der Waals surface area contributed by atoms with Crippen LogP contribution in [0.4, 0.5) is 0 Å². The SMILES string of the molecule is CCC(=O)Oc1c(C(=O)c2cccc(OC)c2)[nH]c2cc(Cl)ccc12. The Morgan fingerprint density at radius 3 is 2.68 bits per heavy atom. The molecule has 25 heavy (non-hydrogen) atoms. The van der Waals surface area contributed by atoms with Gasteiger partial charge in [0.15, 0.2) is 5.75 Å². The molecule has 1 heterocycles. The van der Waals surface area contributed by atoms with Gasteiger partial charge >= 0.3 is 5.97 Å². The van der Waals surface area contributed by atoms with Crippen molar-refractivity contribution in [2.45, 2.75) is 13.3 Å². The molecule has 0 atom stereocenters. The third kappa shape index (κ3) is 3.37. The lowest BCUT2D eigenvalue weighted by Crippen LogP contribution is -2.10. The van der Waals surface area contributed by atoms with Crippen LogP contribution in [0.3, 0.4) is 0 Å². The fraction of sp³-hybridized carbons (Fsp3) is 0.158. The van der Waals surface area contributed by atoms with E-state index in [4.69, 9.17) is 21.1 Å². The molecule has 0 aliphatic heterocycles. The number of ether oxygens (including phenoxy) is 2. The van der Waals surface area contributed by atoms with Gasteiger partial charge in [0.05, 0.1) is 12.6 Å². The maximum atomic E-state index is 12.9. The fourth-order valence-electron chi connectivity index (χ4n) is 2.50. The van der Waals surface area contributed by atoms with Crippen LogP contribution in [-0.2, 0) is 4.79 Å². The number of benzene rings is 2. The van der Waals surface area contributed by atoms with Crippen molar-refractivity contribution in [1.29, 1.82) is 0 Å². The van der Waals surface area contributed by atoms with Crippen molar-refractivity contribution in [3.8, 4) is 11.5 Å². The number of esters is 1. The van der Waals surface area contributed by atoms with E-state index in [0.29, 0.717) is 27.2 Å². The van der Waals surface area contributed by atoms with Crippen LogP contribution >= 0.6 is 11.6 Å². The highest BCUT2D eigenvalue weighted by Crippen LogP contribution is 2.34. The van der Waals surface area contributed by atoms with Crippen molar-refractivity contribution in [3.63, 3.8) is 0 Å². The normalized spacial score (nSPS) is 10.7. The molecule has 6 heteroatoms. The van der Waals surface area contributed by atoms with E-state index in [1.807, 2.05) is 0 Å². The minimum absolute atomic E-state index is 0.201. The first kappa shape index (κ1) is 17.0. The van der Waals surface area contributed by atoms with E-state index in [2.05, 4.69) is 4.98 Å². The Morgan fingerprint density at radius 1 is 1.16 bits per heavy atom.